The van der Waals surface area contributed by atoms with Gasteiger partial charge in [0.05, 0.1) is 5.69 Å². The van der Waals surface area contributed by atoms with Crippen LogP contribution in [0.4, 0.5) is 11.6 Å². The second kappa shape index (κ2) is 9.60. The van der Waals surface area contributed by atoms with E-state index in [1.165, 1.54) is 0 Å². The van der Waals surface area contributed by atoms with Crippen LogP contribution in [0.5, 0.6) is 0 Å². The van der Waals surface area contributed by atoms with Crippen LogP contribution in [0.15, 0.2) is 85.1 Å². The van der Waals surface area contributed by atoms with Crippen molar-refractivity contribution in [3.8, 4) is 11.3 Å². The number of benzene rings is 3. The Kier molecular flexibility index (Phi) is 6.46. The van der Waals surface area contributed by atoms with Crippen molar-refractivity contribution in [2.24, 2.45) is 0 Å². The van der Waals surface area contributed by atoms with Gasteiger partial charge in [-0.25, -0.2) is 9.97 Å². The molecule has 0 bridgehead atoms. The SMILES string of the molecule is O=C(NCc1cccc(Cl)c1)c1ccc(Nc2nccc(-c3ccc(Cl)cc3)n2)cc1. The summed E-state index contributed by atoms with van der Waals surface area (Å²) < 4.78 is 0. The van der Waals surface area contributed by atoms with Crippen LogP contribution in [0, 0.1) is 0 Å². The third kappa shape index (κ3) is 5.60. The first-order valence-electron chi connectivity index (χ1n) is 9.55. The van der Waals surface area contributed by atoms with E-state index in [0.29, 0.717) is 28.1 Å². The number of amides is 1. The lowest BCUT2D eigenvalue weighted by molar-refractivity contribution is 0.0951. The van der Waals surface area contributed by atoms with Crippen molar-refractivity contribution in [3.05, 3.63) is 106 Å². The number of carbonyl (C=O) groups is 1. The minimum Gasteiger partial charge on any atom is -0.348 e. The van der Waals surface area contributed by atoms with Crippen molar-refractivity contribution in [2.45, 2.75) is 6.54 Å². The summed E-state index contributed by atoms with van der Waals surface area (Å²) in [5.41, 5.74) is 4.01. The van der Waals surface area contributed by atoms with Crippen molar-refractivity contribution in [2.75, 3.05) is 5.32 Å². The molecule has 154 valence electrons. The summed E-state index contributed by atoms with van der Waals surface area (Å²) in [6.07, 6.45) is 1.69. The van der Waals surface area contributed by atoms with Crippen molar-refractivity contribution in [3.63, 3.8) is 0 Å². The fourth-order valence-electron chi connectivity index (χ4n) is 2.97. The molecule has 4 aromatic rings. The Morgan fingerprint density at radius 3 is 2.39 bits per heavy atom. The standard InChI is InChI=1S/C24H18Cl2N4O/c25-19-8-4-17(5-9-19)22-12-13-27-24(30-22)29-21-10-6-18(7-11-21)23(31)28-15-16-2-1-3-20(26)14-16/h1-14H,15H2,(H,28,31)(H,27,29,30). The Hall–Kier alpha value is -3.41. The molecule has 4 rings (SSSR count). The van der Waals surface area contributed by atoms with Crippen molar-refractivity contribution >= 4 is 40.7 Å². The number of rotatable bonds is 6. The van der Waals surface area contributed by atoms with Gasteiger partial charge in [-0.15, -0.1) is 0 Å². The molecule has 0 aliphatic carbocycles. The first kappa shape index (κ1) is 20.8. The number of hydrogen-bond donors (Lipinski definition) is 2. The van der Waals surface area contributed by atoms with Gasteiger partial charge < -0.3 is 10.6 Å². The first-order chi connectivity index (χ1) is 15.1. The van der Waals surface area contributed by atoms with E-state index in [2.05, 4.69) is 20.6 Å². The predicted molar refractivity (Wildman–Crippen MR) is 125 cm³/mol. The Morgan fingerprint density at radius 2 is 1.65 bits per heavy atom. The summed E-state index contributed by atoms with van der Waals surface area (Å²) in [6, 6.07) is 23.8. The maximum absolute atomic E-state index is 12.4. The van der Waals surface area contributed by atoms with Gasteiger partial charge >= 0.3 is 0 Å². The minimum absolute atomic E-state index is 0.160. The normalized spacial score (nSPS) is 10.5. The molecule has 0 fully saturated rings. The monoisotopic (exact) mass is 448 g/mol. The number of nitrogens with one attached hydrogen (secondary N) is 2. The maximum atomic E-state index is 12.4. The van der Waals surface area contributed by atoms with E-state index >= 15 is 0 Å². The molecule has 1 amide bonds. The van der Waals surface area contributed by atoms with E-state index in [9.17, 15) is 4.79 Å². The highest BCUT2D eigenvalue weighted by molar-refractivity contribution is 6.30. The van der Waals surface area contributed by atoms with Crippen LogP contribution in [-0.2, 0) is 6.54 Å². The predicted octanol–water partition coefficient (Wildman–Crippen LogP) is 6.12. The van der Waals surface area contributed by atoms with Gasteiger partial charge in [-0.3, -0.25) is 4.79 Å². The molecule has 31 heavy (non-hydrogen) atoms. The average Bonchev–Trinajstić information content (AvgIpc) is 2.79. The van der Waals surface area contributed by atoms with Gasteiger partial charge in [0.2, 0.25) is 5.95 Å². The number of halogens is 2. The van der Waals surface area contributed by atoms with Crippen LogP contribution >= 0.6 is 23.2 Å². The quantitative estimate of drug-likeness (QED) is 0.372. The highest BCUT2D eigenvalue weighted by atomic mass is 35.5. The van der Waals surface area contributed by atoms with E-state index in [0.717, 1.165) is 22.5 Å². The first-order valence-corrected chi connectivity index (χ1v) is 10.3. The van der Waals surface area contributed by atoms with Crippen LogP contribution in [0.2, 0.25) is 10.0 Å². The molecule has 0 radical (unpaired) electrons. The maximum Gasteiger partial charge on any atom is 0.251 e. The average molecular weight is 449 g/mol. The van der Waals surface area contributed by atoms with Crippen molar-refractivity contribution < 1.29 is 4.79 Å². The van der Waals surface area contributed by atoms with Gasteiger partial charge in [0.15, 0.2) is 0 Å². The number of aromatic nitrogens is 2. The largest absolute Gasteiger partial charge is 0.348 e. The highest BCUT2D eigenvalue weighted by Gasteiger charge is 2.07. The second-order valence-electron chi connectivity index (χ2n) is 6.79. The van der Waals surface area contributed by atoms with Gasteiger partial charge in [-0.1, -0.05) is 47.5 Å². The van der Waals surface area contributed by atoms with E-state index in [1.807, 2.05) is 60.7 Å². The minimum atomic E-state index is -0.160. The van der Waals surface area contributed by atoms with Crippen molar-refractivity contribution in [1.29, 1.82) is 0 Å². The summed E-state index contributed by atoms with van der Waals surface area (Å²) in [7, 11) is 0. The molecule has 0 saturated heterocycles. The van der Waals surface area contributed by atoms with E-state index in [-0.39, 0.29) is 5.91 Å². The molecular formula is C24H18Cl2N4O. The lowest BCUT2D eigenvalue weighted by atomic mass is 10.1. The van der Waals surface area contributed by atoms with Crippen LogP contribution < -0.4 is 10.6 Å². The molecule has 1 heterocycles. The summed E-state index contributed by atoms with van der Waals surface area (Å²) in [6.45, 7) is 0.407. The Balaban J connectivity index is 1.40. The van der Waals surface area contributed by atoms with Gasteiger partial charge in [-0.05, 0) is 60.2 Å². The van der Waals surface area contributed by atoms with Gasteiger partial charge in [0, 0.05) is 39.6 Å². The molecule has 7 heteroatoms. The molecular weight excluding hydrogens is 431 g/mol. The third-order valence-electron chi connectivity index (χ3n) is 4.54. The fraction of sp³-hybridized carbons (Fsp3) is 0.0417. The Morgan fingerprint density at radius 1 is 0.871 bits per heavy atom. The summed E-state index contributed by atoms with van der Waals surface area (Å²) in [5, 5.41) is 7.37. The lowest BCUT2D eigenvalue weighted by Gasteiger charge is -2.09. The lowest BCUT2D eigenvalue weighted by Crippen LogP contribution is -2.22. The smallest absolute Gasteiger partial charge is 0.251 e. The van der Waals surface area contributed by atoms with E-state index in [1.54, 1.807) is 24.4 Å². The van der Waals surface area contributed by atoms with E-state index < -0.39 is 0 Å². The van der Waals surface area contributed by atoms with Gasteiger partial charge in [0.25, 0.3) is 5.91 Å². The fourth-order valence-corrected chi connectivity index (χ4v) is 3.30. The zero-order chi connectivity index (χ0) is 21.6. The van der Waals surface area contributed by atoms with Gasteiger partial charge in [-0.2, -0.15) is 0 Å². The van der Waals surface area contributed by atoms with Gasteiger partial charge in [0.1, 0.15) is 0 Å². The molecule has 5 nitrogen and oxygen atoms in total. The molecule has 1 aromatic heterocycles. The molecule has 3 aromatic carbocycles. The topological polar surface area (TPSA) is 66.9 Å². The molecule has 0 aliphatic heterocycles. The number of anilines is 2. The summed E-state index contributed by atoms with van der Waals surface area (Å²) in [5.74, 6) is 0.304. The van der Waals surface area contributed by atoms with E-state index in [4.69, 9.17) is 23.2 Å². The zero-order valence-electron chi connectivity index (χ0n) is 16.3. The number of hydrogen-bond acceptors (Lipinski definition) is 4. The highest BCUT2D eigenvalue weighted by Crippen LogP contribution is 2.21. The Bertz CT molecular complexity index is 1190. The molecule has 2 N–H and O–H groups in total. The molecule has 0 atom stereocenters. The molecule has 0 aliphatic rings. The number of nitrogens with zero attached hydrogens (tertiary/aromatic N) is 2. The van der Waals surface area contributed by atoms with Crippen molar-refractivity contribution in [1.82, 2.24) is 15.3 Å². The summed E-state index contributed by atoms with van der Waals surface area (Å²) in [4.78, 5) is 21.2. The van der Waals surface area contributed by atoms with Crippen LogP contribution in [0.1, 0.15) is 15.9 Å². The van der Waals surface area contributed by atoms with Crippen LogP contribution in [-0.4, -0.2) is 15.9 Å². The zero-order valence-corrected chi connectivity index (χ0v) is 17.9. The van der Waals surface area contributed by atoms with Crippen LogP contribution in [0.25, 0.3) is 11.3 Å². The molecule has 0 unspecified atom stereocenters. The van der Waals surface area contributed by atoms with Crippen LogP contribution in [0.3, 0.4) is 0 Å². The Labute approximate surface area is 190 Å². The summed E-state index contributed by atoms with van der Waals surface area (Å²) >= 11 is 11.9. The number of carbonyl (C=O) groups excluding carboxylic acids is 1. The molecule has 0 spiro atoms. The second-order valence-corrected chi connectivity index (χ2v) is 7.66. The molecule has 0 saturated carbocycles. The third-order valence-corrected chi connectivity index (χ3v) is 5.03.